The average molecular weight is 407 g/mol. The molecule has 0 aliphatic carbocycles. The number of ether oxygens (including phenoxy) is 5. The predicted molar refractivity (Wildman–Crippen MR) is 103 cm³/mol. The highest BCUT2D eigenvalue weighted by Crippen LogP contribution is 2.35. The Balaban J connectivity index is 1.82. The van der Waals surface area contributed by atoms with E-state index in [1.54, 1.807) is 0 Å². The molecule has 2 aliphatic rings. The van der Waals surface area contributed by atoms with E-state index in [0.717, 1.165) is 5.56 Å². The van der Waals surface area contributed by atoms with Crippen molar-refractivity contribution in [3.8, 4) is 0 Å². The Kier molecular flexibility index (Phi) is 6.89. The lowest BCUT2D eigenvalue weighted by Gasteiger charge is -2.27. The summed E-state index contributed by atoms with van der Waals surface area (Å²) in [6.07, 6.45) is -2.00. The molecule has 0 bridgehead atoms. The van der Waals surface area contributed by atoms with Crippen LogP contribution in [0.3, 0.4) is 0 Å². The SMILES string of the molecule is COC(=O)C[C@@H]1O[C@H]([C@H]2COC(C)(C)O2)[C@H](OCc2ccccc2)[C@H]1NC(C)=O. The number of esters is 1. The molecule has 5 atom stereocenters. The van der Waals surface area contributed by atoms with E-state index in [-0.39, 0.29) is 18.4 Å². The van der Waals surface area contributed by atoms with Gasteiger partial charge in [0.2, 0.25) is 5.91 Å². The Hall–Kier alpha value is -2.00. The van der Waals surface area contributed by atoms with Gasteiger partial charge in [-0.25, -0.2) is 0 Å². The smallest absolute Gasteiger partial charge is 0.308 e. The molecule has 2 saturated heterocycles. The van der Waals surface area contributed by atoms with Gasteiger partial charge in [0.15, 0.2) is 5.79 Å². The summed E-state index contributed by atoms with van der Waals surface area (Å²) in [7, 11) is 1.32. The summed E-state index contributed by atoms with van der Waals surface area (Å²) < 4.78 is 28.9. The molecule has 2 heterocycles. The lowest BCUT2D eigenvalue weighted by atomic mass is 9.99. The van der Waals surface area contributed by atoms with Crippen LogP contribution >= 0.6 is 0 Å². The Labute approximate surface area is 170 Å². The maximum Gasteiger partial charge on any atom is 0.308 e. The van der Waals surface area contributed by atoms with Gasteiger partial charge in [-0.1, -0.05) is 30.3 Å². The minimum atomic E-state index is -0.734. The first-order valence-electron chi connectivity index (χ1n) is 9.76. The van der Waals surface area contributed by atoms with Crippen molar-refractivity contribution in [1.82, 2.24) is 5.32 Å². The molecule has 2 aliphatic heterocycles. The number of nitrogens with one attached hydrogen (secondary N) is 1. The highest BCUT2D eigenvalue weighted by Gasteiger charge is 2.52. The van der Waals surface area contributed by atoms with Crippen molar-refractivity contribution in [1.29, 1.82) is 0 Å². The van der Waals surface area contributed by atoms with E-state index in [0.29, 0.717) is 13.2 Å². The molecule has 1 amide bonds. The van der Waals surface area contributed by atoms with Crippen LogP contribution in [0, 0.1) is 0 Å². The Morgan fingerprint density at radius 2 is 1.97 bits per heavy atom. The maximum absolute atomic E-state index is 11.9. The number of carbonyl (C=O) groups excluding carboxylic acids is 2. The monoisotopic (exact) mass is 407 g/mol. The fraction of sp³-hybridized carbons (Fsp3) is 0.619. The van der Waals surface area contributed by atoms with Gasteiger partial charge in [-0.2, -0.15) is 0 Å². The molecule has 29 heavy (non-hydrogen) atoms. The van der Waals surface area contributed by atoms with Gasteiger partial charge in [0.1, 0.15) is 18.3 Å². The molecule has 160 valence electrons. The zero-order valence-electron chi connectivity index (χ0n) is 17.3. The van der Waals surface area contributed by atoms with E-state index in [9.17, 15) is 9.59 Å². The van der Waals surface area contributed by atoms with Crippen LogP contribution in [0.1, 0.15) is 32.8 Å². The minimum Gasteiger partial charge on any atom is -0.469 e. The number of benzene rings is 1. The standard InChI is InChI=1S/C21H29NO7/c1-13(23)22-18-15(10-17(24)25-4)28-19(16-12-27-21(2,3)29-16)20(18)26-11-14-8-6-5-7-9-14/h5-9,15-16,18-20H,10-12H2,1-4H3,(H,22,23)/t15-,16+,18-,19+,20+/m0/s1. The van der Waals surface area contributed by atoms with Crippen LogP contribution in [0.4, 0.5) is 0 Å². The molecule has 8 nitrogen and oxygen atoms in total. The number of methoxy groups -OCH3 is 1. The molecular formula is C21H29NO7. The number of hydrogen-bond acceptors (Lipinski definition) is 7. The highest BCUT2D eigenvalue weighted by atomic mass is 16.8. The first kappa shape index (κ1) is 21.7. The van der Waals surface area contributed by atoms with Crippen molar-refractivity contribution < 1.29 is 33.3 Å². The summed E-state index contributed by atoms with van der Waals surface area (Å²) in [5.41, 5.74) is 0.994. The molecule has 0 aromatic heterocycles. The predicted octanol–water partition coefficient (Wildman–Crippen LogP) is 1.56. The molecule has 2 fully saturated rings. The number of carbonyl (C=O) groups is 2. The Morgan fingerprint density at radius 3 is 2.55 bits per heavy atom. The second kappa shape index (κ2) is 9.21. The van der Waals surface area contributed by atoms with E-state index in [1.807, 2.05) is 44.2 Å². The number of rotatable bonds is 7. The molecule has 0 radical (unpaired) electrons. The molecule has 1 N–H and O–H groups in total. The zero-order chi connectivity index (χ0) is 21.0. The second-order valence-electron chi connectivity index (χ2n) is 7.77. The Morgan fingerprint density at radius 1 is 1.24 bits per heavy atom. The number of amides is 1. The third-order valence-electron chi connectivity index (χ3n) is 5.06. The topological polar surface area (TPSA) is 92.3 Å². The fourth-order valence-electron chi connectivity index (χ4n) is 3.75. The number of hydrogen-bond donors (Lipinski definition) is 1. The van der Waals surface area contributed by atoms with E-state index in [4.69, 9.17) is 23.7 Å². The fourth-order valence-corrected chi connectivity index (χ4v) is 3.75. The molecule has 1 aromatic rings. The van der Waals surface area contributed by atoms with E-state index in [2.05, 4.69) is 5.32 Å². The summed E-state index contributed by atoms with van der Waals surface area (Å²) in [4.78, 5) is 23.8. The van der Waals surface area contributed by atoms with Crippen molar-refractivity contribution in [3.05, 3.63) is 35.9 Å². The van der Waals surface area contributed by atoms with Gasteiger partial charge >= 0.3 is 5.97 Å². The van der Waals surface area contributed by atoms with Crippen LogP contribution in [-0.4, -0.2) is 61.8 Å². The van der Waals surface area contributed by atoms with Crippen molar-refractivity contribution in [3.63, 3.8) is 0 Å². The molecule has 8 heteroatoms. The normalized spacial score (nSPS) is 30.8. The zero-order valence-corrected chi connectivity index (χ0v) is 17.3. The summed E-state index contributed by atoms with van der Waals surface area (Å²) in [6, 6.07) is 9.20. The van der Waals surface area contributed by atoms with Gasteiger partial charge in [0, 0.05) is 6.92 Å². The third kappa shape index (κ3) is 5.54. The third-order valence-corrected chi connectivity index (χ3v) is 5.06. The molecule has 0 saturated carbocycles. The van der Waals surface area contributed by atoms with Gasteiger partial charge < -0.3 is 29.0 Å². The summed E-state index contributed by atoms with van der Waals surface area (Å²) >= 11 is 0. The van der Waals surface area contributed by atoms with Crippen molar-refractivity contribution >= 4 is 11.9 Å². The maximum atomic E-state index is 11.9. The molecule has 0 spiro atoms. The van der Waals surface area contributed by atoms with Crippen LogP contribution < -0.4 is 5.32 Å². The van der Waals surface area contributed by atoms with Crippen LogP contribution in [0.25, 0.3) is 0 Å². The average Bonchev–Trinajstić information content (AvgIpc) is 3.20. The van der Waals surface area contributed by atoms with Crippen molar-refractivity contribution in [2.45, 2.75) is 70.0 Å². The first-order valence-corrected chi connectivity index (χ1v) is 9.76. The van der Waals surface area contributed by atoms with Gasteiger partial charge in [-0.3, -0.25) is 9.59 Å². The molecule has 1 aromatic carbocycles. The summed E-state index contributed by atoms with van der Waals surface area (Å²) in [6.45, 7) is 5.76. The summed E-state index contributed by atoms with van der Waals surface area (Å²) in [5.74, 6) is -1.38. The van der Waals surface area contributed by atoms with Crippen LogP contribution in [0.15, 0.2) is 30.3 Å². The minimum absolute atomic E-state index is 0.000113. The summed E-state index contributed by atoms with van der Waals surface area (Å²) in [5, 5.41) is 2.89. The lowest BCUT2D eigenvalue weighted by Crippen LogP contribution is -2.50. The van der Waals surface area contributed by atoms with Gasteiger partial charge in [-0.15, -0.1) is 0 Å². The van der Waals surface area contributed by atoms with Crippen molar-refractivity contribution in [2.24, 2.45) is 0 Å². The van der Waals surface area contributed by atoms with Crippen molar-refractivity contribution in [2.75, 3.05) is 13.7 Å². The molecule has 3 rings (SSSR count). The van der Waals surface area contributed by atoms with E-state index >= 15 is 0 Å². The van der Waals surface area contributed by atoms with Gasteiger partial charge in [0.05, 0.1) is 38.9 Å². The lowest BCUT2D eigenvalue weighted by molar-refractivity contribution is -0.166. The van der Waals surface area contributed by atoms with Crippen LogP contribution in [0.2, 0.25) is 0 Å². The molecular weight excluding hydrogens is 378 g/mol. The Bertz CT molecular complexity index is 708. The largest absolute Gasteiger partial charge is 0.469 e. The highest BCUT2D eigenvalue weighted by molar-refractivity contribution is 5.74. The van der Waals surface area contributed by atoms with Gasteiger partial charge in [0.25, 0.3) is 0 Å². The van der Waals surface area contributed by atoms with Crippen LogP contribution in [0.5, 0.6) is 0 Å². The quantitative estimate of drug-likeness (QED) is 0.686. The van der Waals surface area contributed by atoms with E-state index in [1.165, 1.54) is 14.0 Å². The molecule has 0 unspecified atom stereocenters. The van der Waals surface area contributed by atoms with E-state index < -0.39 is 36.1 Å². The van der Waals surface area contributed by atoms with Gasteiger partial charge in [-0.05, 0) is 19.4 Å². The van der Waals surface area contributed by atoms with Crippen LogP contribution in [-0.2, 0) is 39.9 Å². The first-order chi connectivity index (χ1) is 13.8. The second-order valence-corrected chi connectivity index (χ2v) is 7.77.